The minimum atomic E-state index is -4.31. The third-order valence-electron chi connectivity index (χ3n) is 10.3. The molecule has 4 atom stereocenters. The smallest absolute Gasteiger partial charge is 0.266 e. The van der Waals surface area contributed by atoms with Crippen LogP contribution in [0.25, 0.3) is 22.3 Å². The molecule has 2 aliphatic heterocycles. The number of methoxy groups -OCH3 is 1. The van der Waals surface area contributed by atoms with Gasteiger partial charge in [0.25, 0.3) is 15.9 Å². The molecule has 2 aromatic carbocycles. The molecule has 1 saturated carbocycles. The Bertz CT molecular complexity index is 2280. The van der Waals surface area contributed by atoms with Gasteiger partial charge in [0.15, 0.2) is 5.13 Å². The first-order valence-electron chi connectivity index (χ1n) is 18.9. The number of benzene rings is 2. The number of thiazole rings is 1. The summed E-state index contributed by atoms with van der Waals surface area (Å²) in [6.45, 7) is 6.16. The summed E-state index contributed by atoms with van der Waals surface area (Å²) in [7, 11) is -2.73. The minimum absolute atomic E-state index is 0.0522. The van der Waals surface area contributed by atoms with Gasteiger partial charge in [-0.25, -0.2) is 23.1 Å². The average Bonchev–Trinajstić information content (AvgIpc) is 3.43. The van der Waals surface area contributed by atoms with Crippen LogP contribution in [0.3, 0.4) is 0 Å². The number of para-hydroxylation sites is 1. The van der Waals surface area contributed by atoms with E-state index in [0.29, 0.717) is 46.0 Å². The number of nitrogens with one attached hydrogen (secondary N) is 4. The van der Waals surface area contributed by atoms with Crippen molar-refractivity contribution in [3.05, 3.63) is 66.1 Å². The van der Waals surface area contributed by atoms with Crippen LogP contribution in [0.5, 0.6) is 11.5 Å². The summed E-state index contributed by atoms with van der Waals surface area (Å²) in [5, 5.41) is 12.8. The number of pyridine rings is 1. The number of rotatable bonds is 8. The number of carbonyl (C=O) groups excluding carboxylic acids is 3. The number of hydrogen-bond acceptors (Lipinski definition) is 12. The Kier molecular flexibility index (Phi) is 11.2. The molecular weight excluding hydrogens is 755 g/mol. The van der Waals surface area contributed by atoms with E-state index in [1.54, 1.807) is 25.3 Å². The maximum absolute atomic E-state index is 14.2. The van der Waals surface area contributed by atoms with Crippen LogP contribution < -0.4 is 30.1 Å². The predicted octanol–water partition coefficient (Wildman–Crippen LogP) is 5.48. The van der Waals surface area contributed by atoms with Crippen molar-refractivity contribution in [2.45, 2.75) is 87.9 Å². The normalized spacial score (nSPS) is 24.1. The summed E-state index contributed by atoms with van der Waals surface area (Å²) in [5.74, 6) is -1.04. The van der Waals surface area contributed by atoms with E-state index in [9.17, 15) is 22.8 Å². The summed E-state index contributed by atoms with van der Waals surface area (Å²) >= 11 is 1.47. The number of fused-ring (bicyclic) bond motifs is 3. The van der Waals surface area contributed by atoms with E-state index in [0.717, 1.165) is 30.8 Å². The van der Waals surface area contributed by atoms with Crippen LogP contribution >= 0.6 is 11.3 Å². The molecule has 3 aliphatic rings. The lowest BCUT2D eigenvalue weighted by Crippen LogP contribution is -2.56. The molecule has 0 bridgehead atoms. The molecule has 296 valence electrons. The molecule has 4 aromatic rings. The number of likely N-dealkylation sites (tertiary alicyclic amines) is 1. The quantitative estimate of drug-likeness (QED) is 0.166. The molecule has 2 fully saturated rings. The molecule has 56 heavy (non-hydrogen) atoms. The van der Waals surface area contributed by atoms with Crippen molar-refractivity contribution in [2.75, 3.05) is 30.8 Å². The zero-order valence-corrected chi connectivity index (χ0v) is 33.5. The predicted molar refractivity (Wildman–Crippen MR) is 215 cm³/mol. The van der Waals surface area contributed by atoms with Crippen molar-refractivity contribution < 1.29 is 32.3 Å². The van der Waals surface area contributed by atoms with Crippen LogP contribution in [0.4, 0.5) is 10.8 Å². The lowest BCUT2D eigenvalue weighted by molar-refractivity contribution is -0.138. The first-order chi connectivity index (χ1) is 26.9. The standard InChI is InChI=1S/C40H47N7O7S2/c1-24(2)42-39-44-33(23-55-39)32-20-35(29-16-15-27(53-4)18-31(29)43-32)54-28-19-34(47(22-28)25(3)48)37(49)45-40-21-26(40)12-8-6-5-7-11-17-41-30-13-9-10-14-36(30)56(51,52)46-38(40)50/h8-10,12-16,18,20,23-24,26,28,34,41H,5-7,11,17,19,21-22H2,1-4H3,(H,42,44)(H,45,49)(H,46,50)/b12-8-/t26-,28-,34+,40-/m1/s1. The van der Waals surface area contributed by atoms with Crippen molar-refractivity contribution in [1.29, 1.82) is 0 Å². The molecule has 3 amide bonds. The summed E-state index contributed by atoms with van der Waals surface area (Å²) in [6.07, 6.45) is 7.12. The second-order valence-electron chi connectivity index (χ2n) is 14.8. The van der Waals surface area contributed by atoms with Crippen LogP contribution in [-0.2, 0) is 24.4 Å². The van der Waals surface area contributed by atoms with Gasteiger partial charge in [0, 0.05) is 54.7 Å². The molecule has 0 unspecified atom stereocenters. The number of nitrogens with zero attached hydrogens (tertiary/aromatic N) is 3. The van der Waals surface area contributed by atoms with E-state index in [2.05, 4.69) is 20.7 Å². The second-order valence-corrected chi connectivity index (χ2v) is 17.3. The highest BCUT2D eigenvalue weighted by atomic mass is 32.2. The number of ether oxygens (including phenoxy) is 2. The fourth-order valence-electron chi connectivity index (χ4n) is 7.34. The van der Waals surface area contributed by atoms with Gasteiger partial charge in [0.05, 0.1) is 30.6 Å². The van der Waals surface area contributed by atoms with Crippen LogP contribution in [0.15, 0.2) is 71.0 Å². The molecule has 16 heteroatoms. The van der Waals surface area contributed by atoms with Gasteiger partial charge < -0.3 is 30.3 Å². The first-order valence-corrected chi connectivity index (χ1v) is 21.3. The van der Waals surface area contributed by atoms with Gasteiger partial charge in [-0.1, -0.05) is 30.7 Å². The fraction of sp³-hybridized carbons (Fsp3) is 0.425. The van der Waals surface area contributed by atoms with Crippen molar-refractivity contribution >= 4 is 60.8 Å². The number of sulfonamides is 1. The number of anilines is 2. The molecule has 14 nitrogen and oxygen atoms in total. The minimum Gasteiger partial charge on any atom is -0.497 e. The summed E-state index contributed by atoms with van der Waals surface area (Å²) in [4.78, 5) is 52.2. The van der Waals surface area contributed by atoms with Gasteiger partial charge in [0.1, 0.15) is 39.8 Å². The third kappa shape index (κ3) is 8.31. The molecule has 1 aliphatic carbocycles. The Hall–Kier alpha value is -5.22. The zero-order chi connectivity index (χ0) is 39.6. The van der Waals surface area contributed by atoms with Gasteiger partial charge >= 0.3 is 0 Å². The second kappa shape index (κ2) is 16.1. The summed E-state index contributed by atoms with van der Waals surface area (Å²) < 4.78 is 41.6. The lowest BCUT2D eigenvalue weighted by Gasteiger charge is -2.25. The number of allylic oxidation sites excluding steroid dienone is 1. The third-order valence-corrected chi connectivity index (χ3v) is 12.5. The van der Waals surface area contributed by atoms with Crippen LogP contribution in [0, 0.1) is 5.92 Å². The van der Waals surface area contributed by atoms with Gasteiger partial charge in [-0.3, -0.25) is 14.4 Å². The Balaban J connectivity index is 1.14. The molecular formula is C40H47N7O7S2. The van der Waals surface area contributed by atoms with Gasteiger partial charge in [0.2, 0.25) is 11.8 Å². The van der Waals surface area contributed by atoms with E-state index >= 15 is 0 Å². The molecule has 1 saturated heterocycles. The molecule has 2 aromatic heterocycles. The van der Waals surface area contributed by atoms with Crippen molar-refractivity contribution in [2.24, 2.45) is 5.92 Å². The maximum atomic E-state index is 14.2. The highest BCUT2D eigenvalue weighted by Crippen LogP contribution is 2.46. The van der Waals surface area contributed by atoms with E-state index in [-0.39, 0.29) is 36.2 Å². The topological polar surface area (TPSA) is 181 Å². The number of carbonyl (C=O) groups is 3. The van der Waals surface area contributed by atoms with E-state index in [1.165, 1.54) is 29.2 Å². The fourth-order valence-corrected chi connectivity index (χ4v) is 9.42. The molecule has 4 N–H and O–H groups in total. The number of hydrogen-bond donors (Lipinski definition) is 4. The lowest BCUT2D eigenvalue weighted by atomic mass is 10.1. The highest BCUT2D eigenvalue weighted by Gasteiger charge is 2.61. The van der Waals surface area contributed by atoms with Crippen molar-refractivity contribution in [3.63, 3.8) is 0 Å². The maximum Gasteiger partial charge on any atom is 0.266 e. The van der Waals surface area contributed by atoms with Gasteiger partial charge in [-0.2, -0.15) is 0 Å². The number of amides is 3. The largest absolute Gasteiger partial charge is 0.497 e. The zero-order valence-electron chi connectivity index (χ0n) is 31.8. The Morgan fingerprint density at radius 3 is 2.68 bits per heavy atom. The van der Waals surface area contributed by atoms with E-state index in [4.69, 9.17) is 19.4 Å². The Labute approximate surface area is 330 Å². The molecule has 4 heterocycles. The van der Waals surface area contributed by atoms with Crippen molar-refractivity contribution in [3.8, 4) is 22.9 Å². The van der Waals surface area contributed by atoms with Crippen LogP contribution in [0.1, 0.15) is 59.3 Å². The van der Waals surface area contributed by atoms with E-state index in [1.807, 2.05) is 55.6 Å². The Morgan fingerprint density at radius 2 is 1.89 bits per heavy atom. The summed E-state index contributed by atoms with van der Waals surface area (Å²) in [5.41, 5.74) is 0.743. The van der Waals surface area contributed by atoms with Crippen molar-refractivity contribution in [1.82, 2.24) is 24.9 Å². The molecule has 0 radical (unpaired) electrons. The molecule has 0 spiro atoms. The summed E-state index contributed by atoms with van der Waals surface area (Å²) in [6, 6.07) is 12.9. The van der Waals surface area contributed by atoms with Gasteiger partial charge in [-0.05, 0) is 63.8 Å². The van der Waals surface area contributed by atoms with Crippen LogP contribution in [0.2, 0.25) is 0 Å². The molecule has 7 rings (SSSR count). The first kappa shape index (κ1) is 39.0. The van der Waals surface area contributed by atoms with Gasteiger partial charge in [-0.15, -0.1) is 11.3 Å². The SMILES string of the molecule is COc1ccc2c(O[C@@H]3C[C@@H](C(=O)N[C@]45C[C@H]4/C=C\CCCCCNc4ccccc4S(=O)(=O)NC5=O)N(C(C)=O)C3)cc(-c3csc(NC(C)C)n3)nc2c1. The Morgan fingerprint density at radius 1 is 1.07 bits per heavy atom. The highest BCUT2D eigenvalue weighted by molar-refractivity contribution is 7.90. The van der Waals surface area contributed by atoms with Crippen LogP contribution in [-0.4, -0.2) is 84.9 Å². The monoisotopic (exact) mass is 801 g/mol. The average molecular weight is 802 g/mol. The number of aromatic nitrogens is 2. The van der Waals surface area contributed by atoms with E-state index < -0.39 is 45.4 Å².